The molecule has 1 aromatic heterocycles. The van der Waals surface area contributed by atoms with Gasteiger partial charge in [0.25, 0.3) is 5.91 Å². The van der Waals surface area contributed by atoms with E-state index in [2.05, 4.69) is 10.1 Å². The van der Waals surface area contributed by atoms with E-state index in [1.54, 1.807) is 4.90 Å². The maximum Gasteiger partial charge on any atom is 0.260 e. The van der Waals surface area contributed by atoms with E-state index in [0.717, 1.165) is 17.7 Å². The summed E-state index contributed by atoms with van der Waals surface area (Å²) in [6.45, 7) is 3.34. The first-order valence-corrected chi connectivity index (χ1v) is 6.96. The Hall–Kier alpha value is -2.37. The Morgan fingerprint density at radius 3 is 3.10 bits per heavy atom. The molecule has 1 aliphatic rings. The molecule has 6 nitrogen and oxygen atoms in total. The first kappa shape index (κ1) is 13.6. The van der Waals surface area contributed by atoms with Crippen LogP contribution in [0.1, 0.15) is 23.7 Å². The number of benzene rings is 1. The molecule has 3 rings (SSSR count). The molecule has 110 valence electrons. The van der Waals surface area contributed by atoms with E-state index < -0.39 is 0 Å². The highest BCUT2D eigenvalue weighted by molar-refractivity contribution is 5.78. The van der Waals surface area contributed by atoms with Crippen molar-refractivity contribution in [1.29, 1.82) is 0 Å². The molecule has 0 N–H and O–H groups in total. The summed E-state index contributed by atoms with van der Waals surface area (Å²) in [4.78, 5) is 18.0. The Bertz CT molecular complexity index is 612. The molecule has 2 aromatic rings. The summed E-state index contributed by atoms with van der Waals surface area (Å²) in [5.74, 6) is 1.57. The fraction of sp³-hybridized carbons (Fsp3) is 0.400. The molecule has 1 fully saturated rings. The number of likely N-dealkylation sites (tertiary alicyclic amines) is 1. The molecule has 0 bridgehead atoms. The number of aryl methyl sites for hydroxylation is 1. The van der Waals surface area contributed by atoms with Gasteiger partial charge < -0.3 is 14.2 Å². The fourth-order valence-corrected chi connectivity index (χ4v) is 2.51. The topological polar surface area (TPSA) is 68.5 Å². The Balaban J connectivity index is 1.54. The number of hydrogen-bond donors (Lipinski definition) is 0. The van der Waals surface area contributed by atoms with Gasteiger partial charge in [-0.25, -0.2) is 0 Å². The number of carbonyl (C=O) groups excluding carboxylic acids is 1. The average Bonchev–Trinajstić information content (AvgIpc) is 3.16. The lowest BCUT2D eigenvalue weighted by molar-refractivity contribution is -0.132. The molecule has 1 saturated heterocycles. The average molecular weight is 287 g/mol. The number of amides is 1. The van der Waals surface area contributed by atoms with Crippen molar-refractivity contribution in [2.45, 2.75) is 19.3 Å². The zero-order valence-corrected chi connectivity index (χ0v) is 11.9. The predicted molar refractivity (Wildman–Crippen MR) is 74.9 cm³/mol. The molecule has 1 aromatic carbocycles. The Labute approximate surface area is 122 Å². The van der Waals surface area contributed by atoms with Gasteiger partial charge in [0.1, 0.15) is 5.75 Å². The lowest BCUT2D eigenvalue weighted by atomic mass is 10.1. The number of carbonyl (C=O) groups is 1. The molecular formula is C15H17N3O3. The van der Waals surface area contributed by atoms with Crippen LogP contribution in [0.2, 0.25) is 0 Å². The van der Waals surface area contributed by atoms with Crippen LogP contribution in [-0.4, -0.2) is 40.6 Å². The van der Waals surface area contributed by atoms with Crippen LogP contribution in [0.4, 0.5) is 0 Å². The zero-order valence-electron chi connectivity index (χ0n) is 11.9. The SMILES string of the molecule is Cc1ccccc1OCC(=O)N1CCC(c2ncon2)C1. The van der Waals surface area contributed by atoms with Gasteiger partial charge in [-0.3, -0.25) is 4.79 Å². The summed E-state index contributed by atoms with van der Waals surface area (Å²) in [5, 5.41) is 3.84. The highest BCUT2D eigenvalue weighted by atomic mass is 16.5. The second-order valence-electron chi connectivity index (χ2n) is 5.17. The van der Waals surface area contributed by atoms with Gasteiger partial charge in [-0.05, 0) is 25.0 Å². The molecule has 21 heavy (non-hydrogen) atoms. The van der Waals surface area contributed by atoms with Crippen molar-refractivity contribution < 1.29 is 14.1 Å². The Morgan fingerprint density at radius 2 is 2.33 bits per heavy atom. The van der Waals surface area contributed by atoms with Gasteiger partial charge in [-0.2, -0.15) is 4.98 Å². The molecule has 1 atom stereocenters. The molecular weight excluding hydrogens is 270 g/mol. The van der Waals surface area contributed by atoms with E-state index in [-0.39, 0.29) is 18.4 Å². The van der Waals surface area contributed by atoms with Gasteiger partial charge in [0.05, 0.1) is 0 Å². The maximum atomic E-state index is 12.2. The minimum atomic E-state index is -0.00996. The number of aromatic nitrogens is 2. The van der Waals surface area contributed by atoms with Gasteiger partial charge in [-0.15, -0.1) is 0 Å². The Kier molecular flexibility index (Phi) is 3.85. The van der Waals surface area contributed by atoms with Crippen LogP contribution in [0.15, 0.2) is 35.2 Å². The normalized spacial score (nSPS) is 18.0. The molecule has 0 spiro atoms. The standard InChI is InChI=1S/C15H17N3O3/c1-11-4-2-3-5-13(11)20-9-14(19)18-7-6-12(8-18)15-16-10-21-17-15/h2-5,10,12H,6-9H2,1H3. The molecule has 0 saturated carbocycles. The van der Waals surface area contributed by atoms with Gasteiger partial charge in [0.2, 0.25) is 6.39 Å². The van der Waals surface area contributed by atoms with Crippen molar-refractivity contribution in [3.05, 3.63) is 42.0 Å². The zero-order chi connectivity index (χ0) is 14.7. The van der Waals surface area contributed by atoms with Crippen LogP contribution >= 0.6 is 0 Å². The minimum absolute atomic E-state index is 0.00996. The number of nitrogens with zero attached hydrogens (tertiary/aromatic N) is 3. The van der Waals surface area contributed by atoms with Gasteiger partial charge in [0, 0.05) is 19.0 Å². The van der Waals surface area contributed by atoms with Gasteiger partial charge in [-0.1, -0.05) is 23.4 Å². The first-order chi connectivity index (χ1) is 10.2. The van der Waals surface area contributed by atoms with E-state index in [1.165, 1.54) is 6.39 Å². The van der Waals surface area contributed by atoms with Crippen molar-refractivity contribution in [2.75, 3.05) is 19.7 Å². The number of ether oxygens (including phenoxy) is 1. The van der Waals surface area contributed by atoms with Crippen LogP contribution < -0.4 is 4.74 Å². The Morgan fingerprint density at radius 1 is 1.48 bits per heavy atom. The van der Waals surface area contributed by atoms with E-state index >= 15 is 0 Å². The van der Waals surface area contributed by atoms with Crippen molar-refractivity contribution >= 4 is 5.91 Å². The summed E-state index contributed by atoms with van der Waals surface area (Å²) in [6.07, 6.45) is 2.18. The summed E-state index contributed by atoms with van der Waals surface area (Å²) < 4.78 is 10.3. The largest absolute Gasteiger partial charge is 0.484 e. The van der Waals surface area contributed by atoms with E-state index in [1.807, 2.05) is 31.2 Å². The van der Waals surface area contributed by atoms with Crippen molar-refractivity contribution in [3.63, 3.8) is 0 Å². The second kappa shape index (κ2) is 5.95. The lowest BCUT2D eigenvalue weighted by Crippen LogP contribution is -2.33. The third-order valence-corrected chi connectivity index (χ3v) is 3.73. The maximum absolute atomic E-state index is 12.2. The first-order valence-electron chi connectivity index (χ1n) is 6.96. The fourth-order valence-electron chi connectivity index (χ4n) is 2.51. The molecule has 1 amide bonds. The molecule has 2 heterocycles. The molecule has 6 heteroatoms. The third-order valence-electron chi connectivity index (χ3n) is 3.73. The minimum Gasteiger partial charge on any atom is -0.484 e. The molecule has 0 aliphatic carbocycles. The van der Waals surface area contributed by atoms with Crippen LogP contribution in [0.25, 0.3) is 0 Å². The predicted octanol–water partition coefficient (Wildman–Crippen LogP) is 1.77. The monoisotopic (exact) mass is 287 g/mol. The highest BCUT2D eigenvalue weighted by Crippen LogP contribution is 2.24. The van der Waals surface area contributed by atoms with Crippen molar-refractivity contribution in [2.24, 2.45) is 0 Å². The smallest absolute Gasteiger partial charge is 0.260 e. The van der Waals surface area contributed by atoms with Crippen LogP contribution in [0.3, 0.4) is 0 Å². The van der Waals surface area contributed by atoms with E-state index in [4.69, 9.17) is 9.26 Å². The molecule has 1 aliphatic heterocycles. The summed E-state index contributed by atoms with van der Waals surface area (Å²) in [7, 11) is 0. The summed E-state index contributed by atoms with van der Waals surface area (Å²) in [6, 6.07) is 7.67. The van der Waals surface area contributed by atoms with Gasteiger partial charge >= 0.3 is 0 Å². The van der Waals surface area contributed by atoms with Crippen molar-refractivity contribution in [1.82, 2.24) is 15.0 Å². The highest BCUT2D eigenvalue weighted by Gasteiger charge is 2.29. The van der Waals surface area contributed by atoms with Crippen molar-refractivity contribution in [3.8, 4) is 5.75 Å². The number of rotatable bonds is 4. The van der Waals surface area contributed by atoms with E-state index in [9.17, 15) is 4.79 Å². The summed E-state index contributed by atoms with van der Waals surface area (Å²) >= 11 is 0. The number of para-hydroxylation sites is 1. The number of hydrogen-bond acceptors (Lipinski definition) is 5. The molecule has 1 unspecified atom stereocenters. The van der Waals surface area contributed by atoms with E-state index in [0.29, 0.717) is 18.9 Å². The quantitative estimate of drug-likeness (QED) is 0.857. The van der Waals surface area contributed by atoms with Crippen LogP contribution in [0.5, 0.6) is 5.75 Å². The molecule has 0 radical (unpaired) electrons. The van der Waals surface area contributed by atoms with Gasteiger partial charge in [0.15, 0.2) is 12.4 Å². The lowest BCUT2D eigenvalue weighted by Gasteiger charge is -2.16. The second-order valence-corrected chi connectivity index (χ2v) is 5.17. The third kappa shape index (κ3) is 3.04. The van der Waals surface area contributed by atoms with Crippen LogP contribution in [0, 0.1) is 6.92 Å². The van der Waals surface area contributed by atoms with Crippen LogP contribution in [-0.2, 0) is 4.79 Å². The summed E-state index contributed by atoms with van der Waals surface area (Å²) in [5.41, 5.74) is 1.02.